The molecule has 1 aliphatic rings. The number of aromatic nitrogens is 2. The highest BCUT2D eigenvalue weighted by molar-refractivity contribution is 5.96. The maximum Gasteiger partial charge on any atom is 0.326 e. The molecule has 0 radical (unpaired) electrons. The zero-order chi connectivity index (χ0) is 38.2. The van der Waals surface area contributed by atoms with Crippen molar-refractivity contribution < 1.29 is 39.0 Å². The predicted octanol–water partition coefficient (Wildman–Crippen LogP) is -0.738. The molecule has 0 bridgehead atoms. The van der Waals surface area contributed by atoms with Crippen molar-refractivity contribution in [2.24, 2.45) is 17.4 Å². The van der Waals surface area contributed by atoms with Crippen LogP contribution in [-0.4, -0.2) is 98.5 Å². The van der Waals surface area contributed by atoms with Gasteiger partial charge in [0.2, 0.25) is 29.5 Å². The van der Waals surface area contributed by atoms with Crippen molar-refractivity contribution in [3.63, 3.8) is 0 Å². The molecule has 17 nitrogen and oxygen atoms in total. The van der Waals surface area contributed by atoms with E-state index < -0.39 is 71.8 Å². The Kier molecular flexibility index (Phi) is 16.2. The number of aromatic hydroxyl groups is 1. The number of hydrogen-bond acceptors (Lipinski definition) is 10. The Morgan fingerprint density at radius 1 is 0.923 bits per heavy atom. The van der Waals surface area contributed by atoms with Crippen LogP contribution >= 0.6 is 0 Å². The van der Waals surface area contributed by atoms with Gasteiger partial charge in [0.1, 0.15) is 36.0 Å². The van der Waals surface area contributed by atoms with E-state index in [1.165, 1.54) is 18.5 Å². The molecule has 0 aliphatic carbocycles. The molecule has 0 saturated heterocycles. The first-order valence-electron chi connectivity index (χ1n) is 17.4. The van der Waals surface area contributed by atoms with Gasteiger partial charge in [0.15, 0.2) is 0 Å². The van der Waals surface area contributed by atoms with Crippen molar-refractivity contribution in [2.45, 2.75) is 101 Å². The van der Waals surface area contributed by atoms with Gasteiger partial charge in [0, 0.05) is 19.0 Å². The molecule has 0 fully saturated rings. The second-order valence-electron chi connectivity index (χ2n) is 13.2. The predicted molar refractivity (Wildman–Crippen MR) is 190 cm³/mol. The molecule has 0 spiro atoms. The van der Waals surface area contributed by atoms with Gasteiger partial charge in [-0.25, -0.2) is 9.78 Å². The van der Waals surface area contributed by atoms with Crippen molar-refractivity contribution in [2.75, 3.05) is 6.54 Å². The zero-order valence-electron chi connectivity index (χ0n) is 29.5. The number of nitrogens with one attached hydrogen (secondary N) is 6. The molecule has 2 heterocycles. The minimum atomic E-state index is -1.28. The lowest BCUT2D eigenvalue weighted by atomic mass is 10.0. The van der Waals surface area contributed by atoms with Crippen LogP contribution in [0.2, 0.25) is 0 Å². The van der Waals surface area contributed by atoms with Gasteiger partial charge in [-0.3, -0.25) is 24.0 Å². The molecule has 6 atom stereocenters. The summed E-state index contributed by atoms with van der Waals surface area (Å²) in [7, 11) is 0. The first kappa shape index (κ1) is 41.1. The second kappa shape index (κ2) is 20.5. The number of phenols is 1. The maximum atomic E-state index is 13.9. The summed E-state index contributed by atoms with van der Waals surface area (Å²) >= 11 is 0. The fraction of sp³-hybridized carbons (Fsp3) is 0.514. The maximum absolute atomic E-state index is 13.9. The highest BCUT2D eigenvalue weighted by Gasteiger charge is 2.33. The van der Waals surface area contributed by atoms with E-state index in [0.717, 1.165) is 0 Å². The number of aromatic amines is 1. The van der Waals surface area contributed by atoms with Crippen LogP contribution in [0.1, 0.15) is 63.6 Å². The number of carbonyl (C=O) groups excluding carboxylic acids is 5. The van der Waals surface area contributed by atoms with Crippen LogP contribution in [0.15, 0.2) is 48.9 Å². The topological polar surface area (TPSA) is 284 Å². The molecule has 3 rings (SSSR count). The summed E-state index contributed by atoms with van der Waals surface area (Å²) < 4.78 is 0. The first-order valence-corrected chi connectivity index (χ1v) is 17.4. The fourth-order valence-electron chi connectivity index (χ4n) is 5.53. The number of rotatable bonds is 15. The van der Waals surface area contributed by atoms with E-state index in [-0.39, 0.29) is 50.2 Å². The Balaban J connectivity index is 1.92. The number of carboxylic acids is 1. The number of hydrogen-bond donors (Lipinski definition) is 10. The summed E-state index contributed by atoms with van der Waals surface area (Å²) in [6.45, 7) is 3.97. The second-order valence-corrected chi connectivity index (χ2v) is 13.2. The van der Waals surface area contributed by atoms with Crippen LogP contribution in [0.4, 0.5) is 0 Å². The summed E-state index contributed by atoms with van der Waals surface area (Å²) in [6.07, 6.45) is 7.39. The molecular formula is C35H51N9O8. The van der Waals surface area contributed by atoms with Crippen LogP contribution in [0.3, 0.4) is 0 Å². The number of nitrogens with two attached hydrogens (primary N) is 2. The average Bonchev–Trinajstić information content (AvgIpc) is 3.61. The zero-order valence-corrected chi connectivity index (χ0v) is 29.5. The number of aliphatic carboxylic acids is 1. The van der Waals surface area contributed by atoms with E-state index in [0.29, 0.717) is 30.6 Å². The Bertz CT molecular complexity index is 1530. The van der Waals surface area contributed by atoms with Crippen LogP contribution in [0.5, 0.6) is 5.75 Å². The van der Waals surface area contributed by atoms with Gasteiger partial charge in [0.25, 0.3) is 0 Å². The minimum Gasteiger partial charge on any atom is -0.508 e. The number of imidazole rings is 1. The van der Waals surface area contributed by atoms with Crippen LogP contribution in [0.25, 0.3) is 0 Å². The lowest BCUT2D eigenvalue weighted by Gasteiger charge is -2.27. The molecule has 12 N–H and O–H groups in total. The van der Waals surface area contributed by atoms with E-state index in [1.54, 1.807) is 30.5 Å². The van der Waals surface area contributed by atoms with Gasteiger partial charge in [0.05, 0.1) is 18.1 Å². The van der Waals surface area contributed by atoms with E-state index in [2.05, 4.69) is 36.6 Å². The smallest absolute Gasteiger partial charge is 0.326 e. The van der Waals surface area contributed by atoms with Crippen molar-refractivity contribution >= 4 is 35.5 Å². The van der Waals surface area contributed by atoms with Crippen LogP contribution in [-0.2, 0) is 41.6 Å². The van der Waals surface area contributed by atoms with E-state index in [9.17, 15) is 39.0 Å². The number of carboxylic acid groups (broad SMARTS) is 1. The van der Waals surface area contributed by atoms with Crippen molar-refractivity contribution in [1.82, 2.24) is 36.6 Å². The number of nitrogens with zero attached hydrogens (tertiary/aromatic N) is 1. The molecular weight excluding hydrogens is 674 g/mol. The Morgan fingerprint density at radius 2 is 1.60 bits per heavy atom. The summed E-state index contributed by atoms with van der Waals surface area (Å²) in [6, 6.07) is -1.10. The molecule has 1 aliphatic heterocycles. The van der Waals surface area contributed by atoms with E-state index >= 15 is 0 Å². The normalized spacial score (nSPS) is 21.8. The third kappa shape index (κ3) is 13.4. The lowest BCUT2D eigenvalue weighted by Crippen LogP contribution is -2.59. The summed E-state index contributed by atoms with van der Waals surface area (Å²) in [5, 5.41) is 32.8. The largest absolute Gasteiger partial charge is 0.508 e. The molecule has 0 saturated carbocycles. The van der Waals surface area contributed by atoms with Crippen LogP contribution < -0.4 is 38.1 Å². The van der Waals surface area contributed by atoms with Gasteiger partial charge in [-0.05, 0) is 68.7 Å². The monoisotopic (exact) mass is 725 g/mol. The average molecular weight is 726 g/mol. The molecule has 5 amide bonds. The third-order valence-corrected chi connectivity index (χ3v) is 8.41. The first-order chi connectivity index (χ1) is 24.8. The molecule has 1 aromatic carbocycles. The van der Waals surface area contributed by atoms with E-state index in [4.69, 9.17) is 11.5 Å². The third-order valence-electron chi connectivity index (χ3n) is 8.41. The SMILES string of the molecule is CC(C)C[C@H](NC(=O)[C@H](Cc1ccc(O)cc1)NC(=O)[C@@H]1C/C=C/C[C@H](N)C(=O)N[C@@H](Cc2c[nH]cn2)C(=O)N[C@@H](CCCCN)C(=O)N1)C(=O)O. The fourth-order valence-corrected chi connectivity index (χ4v) is 5.53. The Hall–Kier alpha value is -5.29. The summed E-state index contributed by atoms with van der Waals surface area (Å²) in [4.78, 5) is 86.7. The molecule has 284 valence electrons. The minimum absolute atomic E-state index is 0.0101. The summed E-state index contributed by atoms with van der Waals surface area (Å²) in [5.74, 6) is -4.77. The summed E-state index contributed by atoms with van der Waals surface area (Å²) in [5.41, 5.74) is 12.8. The number of benzene rings is 1. The Morgan fingerprint density at radius 3 is 2.23 bits per heavy atom. The number of phenolic OH excluding ortho intramolecular Hbond substituents is 1. The molecule has 52 heavy (non-hydrogen) atoms. The van der Waals surface area contributed by atoms with Gasteiger partial charge in [-0.2, -0.15) is 0 Å². The van der Waals surface area contributed by atoms with Gasteiger partial charge >= 0.3 is 5.97 Å². The molecule has 17 heteroatoms. The van der Waals surface area contributed by atoms with Gasteiger partial charge in [-0.15, -0.1) is 0 Å². The van der Waals surface area contributed by atoms with Gasteiger partial charge in [-0.1, -0.05) is 38.1 Å². The van der Waals surface area contributed by atoms with Crippen molar-refractivity contribution in [1.29, 1.82) is 0 Å². The van der Waals surface area contributed by atoms with E-state index in [1.807, 2.05) is 13.8 Å². The number of carbonyl (C=O) groups is 6. The van der Waals surface area contributed by atoms with Crippen LogP contribution in [0, 0.1) is 5.92 Å². The lowest BCUT2D eigenvalue weighted by molar-refractivity contribution is -0.142. The highest BCUT2D eigenvalue weighted by atomic mass is 16.4. The molecule has 2 aromatic rings. The van der Waals surface area contributed by atoms with Gasteiger partial charge < -0.3 is 53.2 Å². The highest BCUT2D eigenvalue weighted by Crippen LogP contribution is 2.14. The quantitative estimate of drug-likeness (QED) is 0.0806. The number of unbranched alkanes of at least 4 members (excludes halogenated alkanes) is 1. The number of amides is 5. The van der Waals surface area contributed by atoms with Crippen molar-refractivity contribution in [3.8, 4) is 5.75 Å². The molecule has 0 unspecified atom stereocenters. The molecule has 1 aromatic heterocycles. The van der Waals surface area contributed by atoms with Crippen molar-refractivity contribution in [3.05, 3.63) is 60.2 Å². The Labute approximate surface area is 302 Å². The standard InChI is InChI=1S/C35H51N9O8/c1-20(2)15-29(35(51)52)44-33(49)27(16-21-10-12-23(45)13-11-21)43-32(48)25-8-4-3-7-24(37)30(46)42-28(17-22-18-38-19-39-22)34(50)41-26(31(47)40-25)9-5-6-14-36/h3-4,10-13,18-20,24-29,45H,5-9,14-17,36-37H2,1-2H3,(H,38,39)(H,40,47)(H,41,50)(H,42,46)(H,43,48)(H,44,49)(H,51,52)/b4-3+/t24-,25-,26-,27-,28-,29-/m0/s1. The number of H-pyrrole nitrogens is 1.